The van der Waals surface area contributed by atoms with E-state index >= 15 is 0 Å². The number of aliphatic carboxylic acids is 1. The number of benzene rings is 1. The van der Waals surface area contributed by atoms with Crippen molar-refractivity contribution in [3.63, 3.8) is 0 Å². The van der Waals surface area contributed by atoms with Crippen LogP contribution in [0.3, 0.4) is 0 Å². The van der Waals surface area contributed by atoms with Crippen LogP contribution in [0.4, 0.5) is 10.5 Å². The van der Waals surface area contributed by atoms with Crippen LogP contribution in [0.15, 0.2) is 18.2 Å². The minimum atomic E-state index is -0.855. The van der Waals surface area contributed by atoms with Crippen LogP contribution in [0.5, 0.6) is 0 Å². The van der Waals surface area contributed by atoms with E-state index in [4.69, 9.17) is 5.11 Å². The van der Waals surface area contributed by atoms with Gasteiger partial charge >= 0.3 is 12.0 Å². The fraction of sp³-hybridized carbons (Fsp3) is 0.385. The molecule has 5 nitrogen and oxygen atoms in total. The number of anilines is 1. The van der Waals surface area contributed by atoms with Crippen molar-refractivity contribution in [1.82, 2.24) is 5.32 Å². The third kappa shape index (κ3) is 4.86. The van der Waals surface area contributed by atoms with E-state index in [-0.39, 0.29) is 12.5 Å². The van der Waals surface area contributed by atoms with Gasteiger partial charge in [-0.15, -0.1) is 0 Å². The average Bonchev–Trinajstić information content (AvgIpc) is 2.29. The van der Waals surface area contributed by atoms with Crippen LogP contribution in [0.1, 0.15) is 24.0 Å². The van der Waals surface area contributed by atoms with Gasteiger partial charge in [0.2, 0.25) is 0 Å². The molecule has 0 heterocycles. The largest absolute Gasteiger partial charge is 0.481 e. The van der Waals surface area contributed by atoms with Crippen LogP contribution in [-0.2, 0) is 4.79 Å². The lowest BCUT2D eigenvalue weighted by molar-refractivity contribution is -0.137. The summed E-state index contributed by atoms with van der Waals surface area (Å²) < 4.78 is 0. The van der Waals surface area contributed by atoms with Crippen LogP contribution in [0.25, 0.3) is 0 Å². The summed E-state index contributed by atoms with van der Waals surface area (Å²) in [4.78, 5) is 21.8. The summed E-state index contributed by atoms with van der Waals surface area (Å²) >= 11 is 0. The summed E-state index contributed by atoms with van der Waals surface area (Å²) in [5, 5.41) is 13.7. The number of nitrogens with one attached hydrogen (secondary N) is 2. The maximum Gasteiger partial charge on any atom is 0.319 e. The summed E-state index contributed by atoms with van der Waals surface area (Å²) in [5.74, 6) is -0.855. The van der Waals surface area contributed by atoms with Crippen LogP contribution in [0.2, 0.25) is 0 Å². The van der Waals surface area contributed by atoms with Crippen molar-refractivity contribution < 1.29 is 14.7 Å². The molecule has 1 rings (SSSR count). The van der Waals surface area contributed by atoms with Crippen molar-refractivity contribution >= 4 is 17.7 Å². The maximum atomic E-state index is 11.5. The van der Waals surface area contributed by atoms with Crippen LogP contribution >= 0.6 is 0 Å². The van der Waals surface area contributed by atoms with Gasteiger partial charge in [0.15, 0.2) is 0 Å². The fourth-order valence-corrected chi connectivity index (χ4v) is 1.44. The molecule has 0 aromatic heterocycles. The minimum absolute atomic E-state index is 0.0594. The first-order valence-corrected chi connectivity index (χ1v) is 5.83. The monoisotopic (exact) mass is 250 g/mol. The SMILES string of the molecule is Cc1ccc(NC(=O)NCCCC(=O)O)cc1C. The van der Waals surface area contributed by atoms with E-state index in [2.05, 4.69) is 10.6 Å². The average molecular weight is 250 g/mol. The number of hydrogen-bond acceptors (Lipinski definition) is 2. The molecule has 0 fully saturated rings. The van der Waals surface area contributed by atoms with E-state index in [0.29, 0.717) is 13.0 Å². The number of aryl methyl sites for hydroxylation is 2. The van der Waals surface area contributed by atoms with E-state index in [1.165, 1.54) is 5.56 Å². The Morgan fingerprint density at radius 1 is 1.22 bits per heavy atom. The van der Waals surface area contributed by atoms with E-state index in [0.717, 1.165) is 11.3 Å². The Hall–Kier alpha value is -2.04. The summed E-state index contributed by atoms with van der Waals surface area (Å²) in [6.07, 6.45) is 0.486. The van der Waals surface area contributed by atoms with Gasteiger partial charge in [0, 0.05) is 18.7 Å². The molecule has 1 aromatic carbocycles. The molecule has 1 aromatic rings. The third-order valence-corrected chi connectivity index (χ3v) is 2.62. The molecule has 0 saturated heterocycles. The second-order valence-electron chi connectivity index (χ2n) is 4.18. The maximum absolute atomic E-state index is 11.5. The first kappa shape index (κ1) is 14.0. The second kappa shape index (κ2) is 6.64. The highest BCUT2D eigenvalue weighted by Gasteiger charge is 2.03. The van der Waals surface area contributed by atoms with Crippen molar-refractivity contribution in [3.8, 4) is 0 Å². The predicted molar refractivity (Wildman–Crippen MR) is 69.8 cm³/mol. The van der Waals surface area contributed by atoms with E-state index in [1.54, 1.807) is 0 Å². The quantitative estimate of drug-likeness (QED) is 0.701. The standard InChI is InChI=1S/C13H18N2O3/c1-9-5-6-11(8-10(9)2)15-13(18)14-7-3-4-12(16)17/h5-6,8H,3-4,7H2,1-2H3,(H,16,17)(H2,14,15,18). The van der Waals surface area contributed by atoms with E-state index in [9.17, 15) is 9.59 Å². The van der Waals surface area contributed by atoms with Crippen molar-refractivity contribution in [3.05, 3.63) is 29.3 Å². The normalized spacial score (nSPS) is 9.89. The molecule has 98 valence electrons. The lowest BCUT2D eigenvalue weighted by Crippen LogP contribution is -2.29. The molecule has 0 radical (unpaired) electrons. The number of carbonyl (C=O) groups is 2. The smallest absolute Gasteiger partial charge is 0.319 e. The Morgan fingerprint density at radius 3 is 2.56 bits per heavy atom. The number of carbonyl (C=O) groups excluding carboxylic acids is 1. The highest BCUT2D eigenvalue weighted by atomic mass is 16.4. The Balaban J connectivity index is 2.35. The van der Waals surface area contributed by atoms with Crippen molar-refractivity contribution in [2.45, 2.75) is 26.7 Å². The van der Waals surface area contributed by atoms with E-state index in [1.807, 2.05) is 32.0 Å². The molecule has 0 unspecified atom stereocenters. The topological polar surface area (TPSA) is 78.4 Å². The first-order valence-electron chi connectivity index (χ1n) is 5.83. The molecule has 2 amide bonds. The van der Waals surface area contributed by atoms with Crippen molar-refractivity contribution in [1.29, 1.82) is 0 Å². The highest BCUT2D eigenvalue weighted by Crippen LogP contribution is 2.13. The van der Waals surface area contributed by atoms with Gasteiger partial charge in [-0.3, -0.25) is 4.79 Å². The molecular weight excluding hydrogens is 232 g/mol. The molecule has 0 aliphatic carbocycles. The summed E-state index contributed by atoms with van der Waals surface area (Å²) in [6.45, 7) is 4.33. The number of carboxylic acids is 1. The predicted octanol–water partition coefficient (Wildman–Crippen LogP) is 2.29. The van der Waals surface area contributed by atoms with Gasteiger partial charge in [-0.2, -0.15) is 0 Å². The minimum Gasteiger partial charge on any atom is -0.481 e. The van der Waals surface area contributed by atoms with Gasteiger partial charge in [0.25, 0.3) is 0 Å². The summed E-state index contributed by atoms with van der Waals surface area (Å²) in [5.41, 5.74) is 3.01. The summed E-state index contributed by atoms with van der Waals surface area (Å²) in [6, 6.07) is 5.35. The van der Waals surface area contributed by atoms with Crippen molar-refractivity contribution in [2.75, 3.05) is 11.9 Å². The fourth-order valence-electron chi connectivity index (χ4n) is 1.44. The number of hydrogen-bond donors (Lipinski definition) is 3. The molecule has 18 heavy (non-hydrogen) atoms. The zero-order valence-corrected chi connectivity index (χ0v) is 10.6. The zero-order chi connectivity index (χ0) is 13.5. The number of amides is 2. The zero-order valence-electron chi connectivity index (χ0n) is 10.6. The Kier molecular flexibility index (Phi) is 5.17. The Labute approximate surface area is 106 Å². The molecule has 0 spiro atoms. The second-order valence-corrected chi connectivity index (χ2v) is 4.18. The molecule has 5 heteroatoms. The van der Waals surface area contributed by atoms with Crippen LogP contribution in [0, 0.1) is 13.8 Å². The summed E-state index contributed by atoms with van der Waals surface area (Å²) in [7, 11) is 0. The lowest BCUT2D eigenvalue weighted by Gasteiger charge is -2.08. The van der Waals surface area contributed by atoms with Gasteiger partial charge < -0.3 is 15.7 Å². The molecule has 0 bridgehead atoms. The molecule has 0 saturated carbocycles. The number of rotatable bonds is 5. The molecular formula is C13H18N2O3. The third-order valence-electron chi connectivity index (χ3n) is 2.62. The van der Waals surface area contributed by atoms with E-state index < -0.39 is 5.97 Å². The van der Waals surface area contributed by atoms with Gasteiger partial charge in [0.05, 0.1) is 0 Å². The highest BCUT2D eigenvalue weighted by molar-refractivity contribution is 5.89. The van der Waals surface area contributed by atoms with Crippen LogP contribution < -0.4 is 10.6 Å². The van der Waals surface area contributed by atoms with Gasteiger partial charge in [-0.1, -0.05) is 6.07 Å². The first-order chi connectivity index (χ1) is 8.49. The Bertz CT molecular complexity index is 444. The van der Waals surface area contributed by atoms with Gasteiger partial charge in [-0.25, -0.2) is 4.79 Å². The van der Waals surface area contributed by atoms with Gasteiger partial charge in [0.1, 0.15) is 0 Å². The van der Waals surface area contributed by atoms with Crippen molar-refractivity contribution in [2.24, 2.45) is 0 Å². The molecule has 3 N–H and O–H groups in total. The molecule has 0 aliphatic rings. The molecule has 0 atom stereocenters. The number of urea groups is 1. The van der Waals surface area contributed by atoms with Gasteiger partial charge in [-0.05, 0) is 43.5 Å². The van der Waals surface area contributed by atoms with Crippen LogP contribution in [-0.4, -0.2) is 23.7 Å². The Morgan fingerprint density at radius 2 is 1.94 bits per heavy atom. The lowest BCUT2D eigenvalue weighted by atomic mass is 10.1. The number of carboxylic acid groups (broad SMARTS) is 1. The molecule has 0 aliphatic heterocycles.